The molecule has 1 aliphatic heterocycles. The molecular formula is C21H20F3N3O2. The standard InChI is InChI=1S/C21H20F3N3O2/c1-11-8-9-14(12(2)10-11)18-17(13(3)25-20(29)27-18)19(28)26-16-7-5-4-6-15(16)21(22,23)24/h4-10,17-18H,3H2,1-2H3,(H,26,28)(H2,25,27,29)/t17-,18-/m0/s1. The molecule has 0 bridgehead atoms. The number of rotatable bonds is 3. The predicted octanol–water partition coefficient (Wildman–Crippen LogP) is 4.44. The maximum absolute atomic E-state index is 13.3. The van der Waals surface area contributed by atoms with Crippen molar-refractivity contribution >= 4 is 17.6 Å². The average Bonchev–Trinajstić information content (AvgIpc) is 2.60. The highest BCUT2D eigenvalue weighted by molar-refractivity contribution is 5.97. The zero-order valence-electron chi connectivity index (χ0n) is 15.9. The normalized spacial score (nSPS) is 19.3. The summed E-state index contributed by atoms with van der Waals surface area (Å²) >= 11 is 0. The Morgan fingerprint density at radius 3 is 2.48 bits per heavy atom. The van der Waals surface area contributed by atoms with E-state index < -0.39 is 35.6 Å². The van der Waals surface area contributed by atoms with Crippen molar-refractivity contribution in [3.8, 4) is 0 Å². The fraction of sp³-hybridized carbons (Fsp3) is 0.238. The number of halogens is 3. The Labute approximate surface area is 166 Å². The minimum atomic E-state index is -4.62. The molecule has 2 aromatic carbocycles. The number of carbonyl (C=O) groups excluding carboxylic acids is 2. The van der Waals surface area contributed by atoms with Gasteiger partial charge in [-0.05, 0) is 37.1 Å². The molecular weight excluding hydrogens is 383 g/mol. The highest BCUT2D eigenvalue weighted by Crippen LogP contribution is 2.36. The maximum atomic E-state index is 13.3. The van der Waals surface area contributed by atoms with E-state index in [1.54, 1.807) is 6.07 Å². The van der Waals surface area contributed by atoms with Crippen LogP contribution in [0.1, 0.15) is 28.3 Å². The Balaban J connectivity index is 1.97. The van der Waals surface area contributed by atoms with Crippen molar-refractivity contribution in [2.75, 3.05) is 5.32 Å². The first kappa shape index (κ1) is 20.4. The Kier molecular flexibility index (Phi) is 5.37. The number of benzene rings is 2. The number of alkyl halides is 3. The van der Waals surface area contributed by atoms with E-state index in [0.717, 1.165) is 17.2 Å². The smallest absolute Gasteiger partial charge is 0.330 e. The number of anilines is 1. The van der Waals surface area contributed by atoms with Crippen molar-refractivity contribution in [1.29, 1.82) is 0 Å². The van der Waals surface area contributed by atoms with Crippen molar-refractivity contribution in [3.63, 3.8) is 0 Å². The van der Waals surface area contributed by atoms with Crippen LogP contribution in [0.25, 0.3) is 0 Å². The number of aryl methyl sites for hydroxylation is 2. The van der Waals surface area contributed by atoms with Crippen LogP contribution >= 0.6 is 0 Å². The molecule has 0 saturated carbocycles. The molecule has 0 aromatic heterocycles. The SMILES string of the molecule is C=C1NC(=O)N[C@@H](c2ccc(C)cc2C)[C@H]1C(=O)Nc1ccccc1C(F)(F)F. The van der Waals surface area contributed by atoms with Crippen LogP contribution in [0, 0.1) is 19.8 Å². The lowest BCUT2D eigenvalue weighted by Crippen LogP contribution is -2.52. The van der Waals surface area contributed by atoms with Crippen LogP contribution in [0.4, 0.5) is 23.7 Å². The summed E-state index contributed by atoms with van der Waals surface area (Å²) in [6.45, 7) is 7.50. The summed E-state index contributed by atoms with van der Waals surface area (Å²) < 4.78 is 39.8. The van der Waals surface area contributed by atoms with Gasteiger partial charge in [-0.15, -0.1) is 0 Å². The number of hydrogen-bond donors (Lipinski definition) is 3. The topological polar surface area (TPSA) is 70.2 Å². The van der Waals surface area contributed by atoms with Gasteiger partial charge < -0.3 is 16.0 Å². The molecule has 8 heteroatoms. The van der Waals surface area contributed by atoms with Gasteiger partial charge in [0.15, 0.2) is 0 Å². The van der Waals surface area contributed by atoms with Gasteiger partial charge in [0.05, 0.1) is 17.3 Å². The molecule has 152 valence electrons. The number of urea groups is 1. The van der Waals surface area contributed by atoms with Gasteiger partial charge in [-0.1, -0.05) is 42.5 Å². The highest BCUT2D eigenvalue weighted by Gasteiger charge is 2.40. The Hall–Kier alpha value is -3.29. The van der Waals surface area contributed by atoms with Crippen LogP contribution in [0.2, 0.25) is 0 Å². The van der Waals surface area contributed by atoms with E-state index in [-0.39, 0.29) is 11.4 Å². The summed E-state index contributed by atoms with van der Waals surface area (Å²) in [7, 11) is 0. The first-order chi connectivity index (χ1) is 13.6. The maximum Gasteiger partial charge on any atom is 0.418 e. The fourth-order valence-electron chi connectivity index (χ4n) is 3.48. The Bertz CT molecular complexity index is 985. The highest BCUT2D eigenvalue weighted by atomic mass is 19.4. The van der Waals surface area contributed by atoms with Gasteiger partial charge in [-0.2, -0.15) is 13.2 Å². The average molecular weight is 403 g/mol. The zero-order valence-corrected chi connectivity index (χ0v) is 15.9. The van der Waals surface area contributed by atoms with E-state index in [0.29, 0.717) is 5.56 Å². The Morgan fingerprint density at radius 2 is 1.83 bits per heavy atom. The summed E-state index contributed by atoms with van der Waals surface area (Å²) in [6.07, 6.45) is -4.62. The first-order valence-corrected chi connectivity index (χ1v) is 8.88. The molecule has 1 aliphatic rings. The third-order valence-corrected chi connectivity index (χ3v) is 4.80. The molecule has 3 rings (SSSR count). The van der Waals surface area contributed by atoms with Crippen molar-refractivity contribution < 1.29 is 22.8 Å². The summed E-state index contributed by atoms with van der Waals surface area (Å²) in [5.41, 5.74) is 1.35. The second kappa shape index (κ2) is 7.62. The molecule has 3 amide bonds. The third kappa shape index (κ3) is 4.26. The molecule has 1 heterocycles. The van der Waals surface area contributed by atoms with Crippen molar-refractivity contribution in [2.24, 2.45) is 5.92 Å². The molecule has 0 radical (unpaired) electrons. The number of hydrogen-bond acceptors (Lipinski definition) is 2. The van der Waals surface area contributed by atoms with E-state index in [1.807, 2.05) is 26.0 Å². The fourth-order valence-corrected chi connectivity index (χ4v) is 3.48. The van der Waals surface area contributed by atoms with Crippen LogP contribution in [0.3, 0.4) is 0 Å². The van der Waals surface area contributed by atoms with E-state index in [4.69, 9.17) is 0 Å². The molecule has 1 fully saturated rings. The number of carbonyl (C=O) groups is 2. The monoisotopic (exact) mass is 403 g/mol. The minimum Gasteiger partial charge on any atom is -0.330 e. The van der Waals surface area contributed by atoms with Gasteiger partial charge in [0, 0.05) is 5.70 Å². The molecule has 0 unspecified atom stereocenters. The number of nitrogens with one attached hydrogen (secondary N) is 3. The lowest BCUT2D eigenvalue weighted by atomic mass is 9.85. The van der Waals surface area contributed by atoms with Crippen LogP contribution in [0.5, 0.6) is 0 Å². The van der Waals surface area contributed by atoms with Gasteiger partial charge in [-0.25, -0.2) is 4.79 Å². The number of para-hydroxylation sites is 1. The second-order valence-electron chi connectivity index (χ2n) is 6.97. The number of amides is 3. The van der Waals surface area contributed by atoms with Gasteiger partial charge in [0.1, 0.15) is 5.92 Å². The molecule has 5 nitrogen and oxygen atoms in total. The van der Waals surface area contributed by atoms with Gasteiger partial charge >= 0.3 is 12.2 Å². The molecule has 0 aliphatic carbocycles. The van der Waals surface area contributed by atoms with Crippen molar-refractivity contribution in [1.82, 2.24) is 10.6 Å². The van der Waals surface area contributed by atoms with Gasteiger partial charge in [0.25, 0.3) is 0 Å². The van der Waals surface area contributed by atoms with Crippen LogP contribution in [-0.2, 0) is 11.0 Å². The predicted molar refractivity (Wildman–Crippen MR) is 103 cm³/mol. The first-order valence-electron chi connectivity index (χ1n) is 8.88. The zero-order chi connectivity index (χ0) is 21.3. The van der Waals surface area contributed by atoms with Crippen molar-refractivity contribution in [2.45, 2.75) is 26.1 Å². The quantitative estimate of drug-likeness (QED) is 0.709. The largest absolute Gasteiger partial charge is 0.418 e. The molecule has 29 heavy (non-hydrogen) atoms. The minimum absolute atomic E-state index is 0.112. The van der Waals surface area contributed by atoms with Crippen LogP contribution < -0.4 is 16.0 Å². The van der Waals surface area contributed by atoms with E-state index in [2.05, 4.69) is 22.5 Å². The molecule has 0 spiro atoms. The second-order valence-corrected chi connectivity index (χ2v) is 6.97. The van der Waals surface area contributed by atoms with Gasteiger partial charge in [0.2, 0.25) is 5.91 Å². The Morgan fingerprint density at radius 1 is 1.14 bits per heavy atom. The summed E-state index contributed by atoms with van der Waals surface area (Å²) in [6, 6.07) is 8.97. The third-order valence-electron chi connectivity index (χ3n) is 4.80. The van der Waals surface area contributed by atoms with E-state index >= 15 is 0 Å². The molecule has 2 aromatic rings. The summed E-state index contributed by atoms with van der Waals surface area (Å²) in [4.78, 5) is 25.0. The lowest BCUT2D eigenvalue weighted by Gasteiger charge is -2.34. The lowest BCUT2D eigenvalue weighted by molar-refractivity contribution is -0.137. The summed E-state index contributed by atoms with van der Waals surface area (Å²) in [5.74, 6) is -1.71. The summed E-state index contributed by atoms with van der Waals surface area (Å²) in [5, 5.41) is 7.49. The molecule has 3 N–H and O–H groups in total. The van der Waals surface area contributed by atoms with Crippen molar-refractivity contribution in [3.05, 3.63) is 77.0 Å². The van der Waals surface area contributed by atoms with E-state index in [1.165, 1.54) is 18.2 Å². The van der Waals surface area contributed by atoms with E-state index in [9.17, 15) is 22.8 Å². The van der Waals surface area contributed by atoms with Crippen LogP contribution in [-0.4, -0.2) is 11.9 Å². The molecule has 2 atom stereocenters. The van der Waals surface area contributed by atoms with Crippen LogP contribution in [0.15, 0.2) is 54.7 Å². The van der Waals surface area contributed by atoms with Gasteiger partial charge in [-0.3, -0.25) is 4.79 Å². The molecule has 1 saturated heterocycles.